The molecular formula is C21H20N2O6S. The first kappa shape index (κ1) is 20.0. The van der Waals surface area contributed by atoms with Gasteiger partial charge in [-0.05, 0) is 54.1 Å². The van der Waals surface area contributed by atoms with Gasteiger partial charge in [-0.25, -0.2) is 13.1 Å². The lowest BCUT2D eigenvalue weighted by Crippen LogP contribution is -2.26. The van der Waals surface area contributed by atoms with Crippen LogP contribution in [0.25, 0.3) is 0 Å². The van der Waals surface area contributed by atoms with Gasteiger partial charge in [-0.3, -0.25) is 4.79 Å². The van der Waals surface area contributed by atoms with Gasteiger partial charge in [0.15, 0.2) is 11.5 Å². The van der Waals surface area contributed by atoms with Gasteiger partial charge >= 0.3 is 0 Å². The number of hydrogen-bond acceptors (Lipinski definition) is 6. The second-order valence-electron chi connectivity index (χ2n) is 6.78. The molecule has 0 radical (unpaired) electrons. The van der Waals surface area contributed by atoms with Crippen molar-refractivity contribution in [2.45, 2.75) is 18.0 Å². The second kappa shape index (κ2) is 8.21. The number of sulfonamides is 1. The smallest absolute Gasteiger partial charge is 0.253 e. The number of amides is 1. The van der Waals surface area contributed by atoms with Gasteiger partial charge in [-0.15, -0.1) is 0 Å². The van der Waals surface area contributed by atoms with Crippen molar-refractivity contribution in [3.63, 3.8) is 0 Å². The van der Waals surface area contributed by atoms with Crippen molar-refractivity contribution in [3.8, 4) is 11.5 Å². The molecule has 0 saturated carbocycles. The van der Waals surface area contributed by atoms with E-state index in [9.17, 15) is 13.2 Å². The Morgan fingerprint density at radius 2 is 1.83 bits per heavy atom. The van der Waals surface area contributed by atoms with Crippen molar-refractivity contribution in [1.29, 1.82) is 0 Å². The van der Waals surface area contributed by atoms with Gasteiger partial charge in [0.05, 0.1) is 17.7 Å². The fraction of sp³-hybridized carbons (Fsp3) is 0.190. The number of benzene rings is 2. The highest BCUT2D eigenvalue weighted by Crippen LogP contribution is 2.32. The van der Waals surface area contributed by atoms with Gasteiger partial charge in [0, 0.05) is 19.2 Å². The first-order chi connectivity index (χ1) is 14.4. The molecule has 3 aromatic rings. The number of furan rings is 1. The molecule has 2 aromatic carbocycles. The molecule has 4 rings (SSSR count). The van der Waals surface area contributed by atoms with Gasteiger partial charge < -0.3 is 18.8 Å². The van der Waals surface area contributed by atoms with Crippen molar-refractivity contribution in [1.82, 2.24) is 9.62 Å². The molecule has 2 heterocycles. The van der Waals surface area contributed by atoms with Gasteiger partial charge in [-0.2, -0.15) is 0 Å². The Balaban J connectivity index is 1.40. The van der Waals surface area contributed by atoms with E-state index in [0.717, 1.165) is 5.56 Å². The minimum Gasteiger partial charge on any atom is -0.468 e. The van der Waals surface area contributed by atoms with Crippen molar-refractivity contribution in [2.24, 2.45) is 0 Å². The number of nitrogens with one attached hydrogen (secondary N) is 1. The highest BCUT2D eigenvalue weighted by atomic mass is 32.2. The van der Waals surface area contributed by atoms with E-state index in [0.29, 0.717) is 29.4 Å². The first-order valence-corrected chi connectivity index (χ1v) is 10.7. The maximum atomic E-state index is 12.7. The van der Waals surface area contributed by atoms with Crippen molar-refractivity contribution in [2.75, 3.05) is 13.8 Å². The normalized spacial score (nSPS) is 12.7. The molecule has 8 nitrogen and oxygen atoms in total. The van der Waals surface area contributed by atoms with E-state index < -0.39 is 10.0 Å². The zero-order chi connectivity index (χ0) is 21.1. The fourth-order valence-corrected chi connectivity index (χ4v) is 4.04. The molecule has 0 atom stereocenters. The summed E-state index contributed by atoms with van der Waals surface area (Å²) in [6, 6.07) is 14.7. The van der Waals surface area contributed by atoms with Gasteiger partial charge in [0.25, 0.3) is 5.91 Å². The Labute approximate surface area is 174 Å². The Kier molecular flexibility index (Phi) is 5.47. The lowest BCUT2D eigenvalue weighted by Gasteiger charge is -2.18. The summed E-state index contributed by atoms with van der Waals surface area (Å²) in [6.07, 6.45) is 1.48. The van der Waals surface area contributed by atoms with Crippen LogP contribution < -0.4 is 14.2 Å². The summed E-state index contributed by atoms with van der Waals surface area (Å²) in [4.78, 5) is 14.3. The molecule has 0 saturated heterocycles. The predicted octanol–water partition coefficient (Wildman–Crippen LogP) is 2.76. The number of nitrogens with zero attached hydrogens (tertiary/aromatic N) is 1. The molecule has 1 N–H and O–H groups in total. The molecule has 1 amide bonds. The third kappa shape index (κ3) is 4.32. The Morgan fingerprint density at radius 3 is 2.57 bits per heavy atom. The number of carbonyl (C=O) groups excluding carboxylic acids is 1. The van der Waals surface area contributed by atoms with Crippen LogP contribution in [0.3, 0.4) is 0 Å². The monoisotopic (exact) mass is 428 g/mol. The van der Waals surface area contributed by atoms with Crippen LogP contribution in [0, 0.1) is 0 Å². The van der Waals surface area contributed by atoms with E-state index in [-0.39, 0.29) is 24.1 Å². The van der Waals surface area contributed by atoms with Crippen LogP contribution in [0.1, 0.15) is 21.7 Å². The minimum absolute atomic E-state index is 0.0499. The molecule has 0 bridgehead atoms. The number of ether oxygens (including phenoxy) is 2. The molecule has 0 spiro atoms. The average Bonchev–Trinajstić information content (AvgIpc) is 3.43. The van der Waals surface area contributed by atoms with Gasteiger partial charge in [0.1, 0.15) is 5.76 Å². The topological polar surface area (TPSA) is 98.1 Å². The van der Waals surface area contributed by atoms with Crippen molar-refractivity contribution >= 4 is 15.9 Å². The van der Waals surface area contributed by atoms with Crippen LogP contribution >= 0.6 is 0 Å². The molecule has 1 aromatic heterocycles. The minimum atomic E-state index is -3.71. The van der Waals surface area contributed by atoms with Gasteiger partial charge in [-0.1, -0.05) is 6.07 Å². The fourth-order valence-electron chi connectivity index (χ4n) is 3.04. The summed E-state index contributed by atoms with van der Waals surface area (Å²) in [5.41, 5.74) is 1.29. The van der Waals surface area contributed by atoms with Crippen LogP contribution in [0.15, 0.2) is 70.2 Å². The Bertz CT molecular complexity index is 1140. The maximum absolute atomic E-state index is 12.7. The molecule has 156 valence electrons. The lowest BCUT2D eigenvalue weighted by atomic mass is 10.1. The quantitative estimate of drug-likeness (QED) is 0.621. The summed E-state index contributed by atoms with van der Waals surface area (Å²) >= 11 is 0. The van der Waals surface area contributed by atoms with Crippen LogP contribution in [0.4, 0.5) is 0 Å². The highest BCUT2D eigenvalue weighted by Gasteiger charge is 2.18. The molecule has 9 heteroatoms. The number of rotatable bonds is 7. The predicted molar refractivity (Wildman–Crippen MR) is 108 cm³/mol. The molecule has 30 heavy (non-hydrogen) atoms. The molecule has 1 aliphatic rings. The van der Waals surface area contributed by atoms with E-state index in [1.165, 1.54) is 30.5 Å². The van der Waals surface area contributed by atoms with E-state index in [1.54, 1.807) is 24.1 Å². The van der Waals surface area contributed by atoms with E-state index in [2.05, 4.69) is 4.72 Å². The van der Waals surface area contributed by atoms with Gasteiger partial charge in [0.2, 0.25) is 16.8 Å². The van der Waals surface area contributed by atoms with Crippen LogP contribution in [-0.2, 0) is 23.1 Å². The van der Waals surface area contributed by atoms with Crippen molar-refractivity contribution in [3.05, 3.63) is 77.7 Å². The van der Waals surface area contributed by atoms with Crippen LogP contribution in [0.2, 0.25) is 0 Å². The molecular weight excluding hydrogens is 408 g/mol. The zero-order valence-electron chi connectivity index (χ0n) is 16.2. The van der Waals surface area contributed by atoms with E-state index in [4.69, 9.17) is 13.9 Å². The summed E-state index contributed by atoms with van der Waals surface area (Å²) in [7, 11) is -2.03. The third-order valence-corrected chi connectivity index (χ3v) is 6.05. The largest absolute Gasteiger partial charge is 0.468 e. The molecule has 0 unspecified atom stereocenters. The lowest BCUT2D eigenvalue weighted by molar-refractivity contribution is 0.0785. The molecule has 0 fully saturated rings. The van der Waals surface area contributed by atoms with Crippen LogP contribution in [0.5, 0.6) is 11.5 Å². The highest BCUT2D eigenvalue weighted by molar-refractivity contribution is 7.89. The Hall–Kier alpha value is -3.30. The Morgan fingerprint density at radius 1 is 1.07 bits per heavy atom. The molecule has 0 aliphatic carbocycles. The summed E-state index contributed by atoms with van der Waals surface area (Å²) in [5, 5.41) is 0. The van der Waals surface area contributed by atoms with E-state index in [1.807, 2.05) is 18.2 Å². The number of fused-ring (bicyclic) bond motifs is 1. The average molecular weight is 428 g/mol. The summed E-state index contributed by atoms with van der Waals surface area (Å²) < 4.78 is 43.0. The number of carbonyl (C=O) groups is 1. The summed E-state index contributed by atoms with van der Waals surface area (Å²) in [6.45, 7) is 0.619. The summed E-state index contributed by atoms with van der Waals surface area (Å²) in [5.74, 6) is 1.63. The zero-order valence-corrected chi connectivity index (χ0v) is 17.0. The molecule has 1 aliphatic heterocycles. The standard InChI is InChI=1S/C21H20N2O6S/c1-23(13-15-4-9-19-20(11-15)29-14-28-19)21(24)16-5-7-18(8-6-16)30(25,26)22-12-17-3-2-10-27-17/h2-11,22H,12-14H2,1H3. The number of hydrogen-bond donors (Lipinski definition) is 1. The maximum Gasteiger partial charge on any atom is 0.253 e. The SMILES string of the molecule is CN(Cc1ccc2c(c1)OCO2)C(=O)c1ccc(S(=O)(=O)NCc2ccco2)cc1. The van der Waals surface area contributed by atoms with E-state index >= 15 is 0 Å². The second-order valence-corrected chi connectivity index (χ2v) is 8.54. The van der Waals surface area contributed by atoms with Crippen LogP contribution in [-0.4, -0.2) is 33.1 Å². The van der Waals surface area contributed by atoms with Crippen molar-refractivity contribution < 1.29 is 27.1 Å². The first-order valence-electron chi connectivity index (χ1n) is 9.18. The third-order valence-electron chi connectivity index (χ3n) is 4.63.